The summed E-state index contributed by atoms with van der Waals surface area (Å²) in [7, 11) is 2.17. The van der Waals surface area contributed by atoms with E-state index in [4.69, 9.17) is 4.74 Å². The van der Waals surface area contributed by atoms with E-state index in [1.165, 1.54) is 6.92 Å². The van der Waals surface area contributed by atoms with Gasteiger partial charge in [0, 0.05) is 6.92 Å². The summed E-state index contributed by atoms with van der Waals surface area (Å²) in [5, 5.41) is 0. The van der Waals surface area contributed by atoms with Crippen LogP contribution in [-0.4, -0.2) is 19.4 Å². The highest BCUT2D eigenvalue weighted by molar-refractivity contribution is 6.12. The fraction of sp³-hybridized carbons (Fsp3) is 0.909. The SMILES string of the molecule is BC(C(C)CC)C(C)(CC)OC(C)=O. The van der Waals surface area contributed by atoms with E-state index >= 15 is 0 Å². The summed E-state index contributed by atoms with van der Waals surface area (Å²) in [5.74, 6) is 0.810. The summed E-state index contributed by atoms with van der Waals surface area (Å²) in [4.78, 5) is 11.0. The summed E-state index contributed by atoms with van der Waals surface area (Å²) < 4.78 is 5.43. The van der Waals surface area contributed by atoms with E-state index in [9.17, 15) is 4.79 Å². The summed E-state index contributed by atoms with van der Waals surface area (Å²) in [5.41, 5.74) is -0.304. The third-order valence-electron chi connectivity index (χ3n) is 3.54. The number of rotatable bonds is 5. The molecule has 0 radical (unpaired) electrons. The number of ether oxygens (including phenoxy) is 1. The van der Waals surface area contributed by atoms with Gasteiger partial charge in [0.2, 0.25) is 0 Å². The molecule has 0 aliphatic rings. The highest BCUT2D eigenvalue weighted by Gasteiger charge is 2.34. The Bertz CT molecular complexity index is 194. The molecular formula is C11H23BO2. The van der Waals surface area contributed by atoms with Gasteiger partial charge in [0.05, 0.1) is 0 Å². The molecular weight excluding hydrogens is 175 g/mol. The lowest BCUT2D eigenvalue weighted by Crippen LogP contribution is -2.38. The maximum atomic E-state index is 11.0. The first-order valence-electron chi connectivity index (χ1n) is 5.57. The minimum absolute atomic E-state index is 0.176. The van der Waals surface area contributed by atoms with Crippen molar-refractivity contribution in [2.75, 3.05) is 0 Å². The highest BCUT2D eigenvalue weighted by Crippen LogP contribution is 2.35. The van der Waals surface area contributed by atoms with Gasteiger partial charge in [0.15, 0.2) is 0 Å². The topological polar surface area (TPSA) is 26.3 Å². The molecule has 0 heterocycles. The Morgan fingerprint density at radius 2 is 2.00 bits per heavy atom. The van der Waals surface area contributed by atoms with Crippen molar-refractivity contribution in [3.8, 4) is 0 Å². The predicted octanol–water partition coefficient (Wildman–Crippen LogP) is 2.19. The predicted molar refractivity (Wildman–Crippen MR) is 62.2 cm³/mol. The van der Waals surface area contributed by atoms with Crippen molar-refractivity contribution in [3.63, 3.8) is 0 Å². The van der Waals surface area contributed by atoms with Gasteiger partial charge in [0.25, 0.3) is 0 Å². The number of esters is 1. The van der Waals surface area contributed by atoms with E-state index in [-0.39, 0.29) is 11.6 Å². The van der Waals surface area contributed by atoms with Crippen LogP contribution in [0.5, 0.6) is 0 Å². The van der Waals surface area contributed by atoms with Crippen molar-refractivity contribution in [2.24, 2.45) is 5.92 Å². The van der Waals surface area contributed by atoms with Crippen molar-refractivity contribution in [1.29, 1.82) is 0 Å². The van der Waals surface area contributed by atoms with Crippen LogP contribution < -0.4 is 0 Å². The van der Waals surface area contributed by atoms with Gasteiger partial charge >= 0.3 is 5.97 Å². The van der Waals surface area contributed by atoms with E-state index in [1.54, 1.807) is 0 Å². The maximum Gasteiger partial charge on any atom is 0.303 e. The molecule has 0 fully saturated rings. The quantitative estimate of drug-likeness (QED) is 0.500. The van der Waals surface area contributed by atoms with Crippen LogP contribution in [0.2, 0.25) is 5.82 Å². The van der Waals surface area contributed by atoms with Crippen molar-refractivity contribution >= 4 is 13.8 Å². The van der Waals surface area contributed by atoms with Crippen LogP contribution >= 0.6 is 0 Å². The number of hydrogen-bond donors (Lipinski definition) is 0. The van der Waals surface area contributed by atoms with Gasteiger partial charge in [-0.05, 0) is 25.1 Å². The molecule has 0 saturated heterocycles. The summed E-state index contributed by atoms with van der Waals surface area (Å²) in [6.45, 7) is 9.97. The second kappa shape index (κ2) is 5.42. The molecule has 0 rings (SSSR count). The highest BCUT2D eigenvalue weighted by atomic mass is 16.6. The Morgan fingerprint density at radius 3 is 2.29 bits per heavy atom. The largest absolute Gasteiger partial charge is 0.460 e. The van der Waals surface area contributed by atoms with E-state index in [0.29, 0.717) is 11.7 Å². The third-order valence-corrected chi connectivity index (χ3v) is 3.54. The van der Waals surface area contributed by atoms with Gasteiger partial charge in [-0.15, -0.1) is 0 Å². The van der Waals surface area contributed by atoms with Gasteiger partial charge in [-0.1, -0.05) is 27.2 Å². The van der Waals surface area contributed by atoms with Crippen molar-refractivity contribution in [3.05, 3.63) is 0 Å². The monoisotopic (exact) mass is 198 g/mol. The van der Waals surface area contributed by atoms with Crippen LogP contribution in [0.15, 0.2) is 0 Å². The summed E-state index contributed by atoms with van der Waals surface area (Å²) >= 11 is 0. The van der Waals surface area contributed by atoms with Crippen molar-refractivity contribution in [1.82, 2.24) is 0 Å². The van der Waals surface area contributed by atoms with Gasteiger partial charge < -0.3 is 4.74 Å². The normalized spacial score (nSPS) is 19.5. The zero-order valence-corrected chi connectivity index (χ0v) is 10.4. The fourth-order valence-corrected chi connectivity index (χ4v) is 1.77. The molecule has 0 aliphatic heterocycles. The lowest BCUT2D eigenvalue weighted by atomic mass is 9.65. The van der Waals surface area contributed by atoms with Gasteiger partial charge in [-0.2, -0.15) is 0 Å². The summed E-state index contributed by atoms with van der Waals surface area (Å²) in [6, 6.07) is 0. The van der Waals surface area contributed by atoms with Crippen molar-refractivity contribution < 1.29 is 9.53 Å². The number of carbonyl (C=O) groups excluding carboxylic acids is 1. The molecule has 0 bridgehead atoms. The minimum atomic E-state index is -0.304. The molecule has 0 aromatic carbocycles. The average molecular weight is 198 g/mol. The number of carbonyl (C=O) groups is 1. The van der Waals surface area contributed by atoms with Crippen LogP contribution in [0.4, 0.5) is 0 Å². The molecule has 82 valence electrons. The molecule has 0 aliphatic carbocycles. The van der Waals surface area contributed by atoms with Crippen LogP contribution in [0.25, 0.3) is 0 Å². The van der Waals surface area contributed by atoms with Crippen molar-refractivity contribution in [2.45, 2.75) is 58.9 Å². The Morgan fingerprint density at radius 1 is 1.50 bits per heavy atom. The van der Waals surface area contributed by atoms with E-state index < -0.39 is 0 Å². The standard InChI is InChI=1S/C11H23BO2/c1-6-8(3)10(12)11(5,7-2)14-9(4)13/h8,10H,6-7,12H2,1-5H3. The zero-order chi connectivity index (χ0) is 11.4. The maximum absolute atomic E-state index is 11.0. The molecule has 3 heteroatoms. The fourth-order valence-electron chi connectivity index (χ4n) is 1.77. The van der Waals surface area contributed by atoms with Gasteiger partial charge in [-0.25, -0.2) is 0 Å². The molecule has 0 spiro atoms. The molecule has 0 N–H and O–H groups in total. The number of hydrogen-bond acceptors (Lipinski definition) is 2. The third kappa shape index (κ3) is 3.35. The molecule has 3 unspecified atom stereocenters. The molecule has 0 aromatic rings. The van der Waals surface area contributed by atoms with Crippen LogP contribution in [0.3, 0.4) is 0 Å². The Balaban J connectivity index is 4.57. The van der Waals surface area contributed by atoms with E-state index in [0.717, 1.165) is 12.8 Å². The molecule has 0 amide bonds. The van der Waals surface area contributed by atoms with Crippen LogP contribution in [0, 0.1) is 5.92 Å². The molecule has 3 atom stereocenters. The first-order chi connectivity index (χ1) is 6.37. The first kappa shape index (κ1) is 13.5. The summed E-state index contributed by atoms with van der Waals surface area (Å²) in [6.07, 6.45) is 2.00. The first-order valence-corrected chi connectivity index (χ1v) is 5.57. The minimum Gasteiger partial charge on any atom is -0.460 e. The van der Waals surface area contributed by atoms with E-state index in [1.807, 2.05) is 6.92 Å². The van der Waals surface area contributed by atoms with Crippen LogP contribution in [0.1, 0.15) is 47.5 Å². The Labute approximate surface area is 88.8 Å². The molecule has 0 aromatic heterocycles. The second-order valence-corrected chi connectivity index (χ2v) is 4.43. The average Bonchev–Trinajstić information content (AvgIpc) is 2.14. The smallest absolute Gasteiger partial charge is 0.303 e. The molecule has 2 nitrogen and oxygen atoms in total. The second-order valence-electron chi connectivity index (χ2n) is 4.43. The zero-order valence-electron chi connectivity index (χ0n) is 10.4. The molecule has 0 saturated carbocycles. The van der Waals surface area contributed by atoms with Gasteiger partial charge in [0.1, 0.15) is 13.4 Å². The molecule has 14 heavy (non-hydrogen) atoms. The van der Waals surface area contributed by atoms with Crippen LogP contribution in [-0.2, 0) is 9.53 Å². The van der Waals surface area contributed by atoms with E-state index in [2.05, 4.69) is 28.6 Å². The van der Waals surface area contributed by atoms with Gasteiger partial charge in [-0.3, -0.25) is 4.79 Å². The lowest BCUT2D eigenvalue weighted by Gasteiger charge is -2.37. The Kier molecular flexibility index (Phi) is 5.24. The lowest BCUT2D eigenvalue weighted by molar-refractivity contribution is -0.157. The Hall–Kier alpha value is -0.465.